The molecule has 9 heteroatoms. The van der Waals surface area contributed by atoms with Crippen LogP contribution in [0.5, 0.6) is 11.5 Å². The van der Waals surface area contributed by atoms with Crippen molar-refractivity contribution in [3.05, 3.63) is 64.5 Å². The van der Waals surface area contributed by atoms with E-state index >= 15 is 0 Å². The molecule has 170 valence electrons. The molecule has 1 N–H and O–H groups in total. The maximum atomic E-state index is 13.0. The number of nitrogens with one attached hydrogen (secondary N) is 1. The molecule has 2 aromatic rings. The van der Waals surface area contributed by atoms with Gasteiger partial charge in [0, 0.05) is 6.54 Å². The Labute approximate surface area is 182 Å². The molecule has 0 bridgehead atoms. The Balaban J connectivity index is 0.000000592. The molecule has 0 heterocycles. The second-order valence-corrected chi connectivity index (χ2v) is 6.32. The number of nitrogens with zero attached hydrogens (tertiary/aromatic N) is 2. The number of halogens is 1. The summed E-state index contributed by atoms with van der Waals surface area (Å²) < 4.78 is 23.3. The number of amides is 1. The zero-order valence-corrected chi connectivity index (χ0v) is 18.2. The average Bonchev–Trinajstić information content (AvgIpc) is 2.76. The Hall–Kier alpha value is -3.20. The Bertz CT molecular complexity index is 795. The van der Waals surface area contributed by atoms with Crippen molar-refractivity contribution < 1.29 is 23.6 Å². The second kappa shape index (κ2) is 14.7. The van der Waals surface area contributed by atoms with Crippen LogP contribution in [-0.2, 0) is 0 Å². The summed E-state index contributed by atoms with van der Waals surface area (Å²) >= 11 is 0. The molecule has 0 unspecified atom stereocenters. The van der Waals surface area contributed by atoms with Crippen molar-refractivity contribution in [2.24, 2.45) is 0 Å². The maximum Gasteiger partial charge on any atom is 0.412 e. The van der Waals surface area contributed by atoms with Crippen LogP contribution >= 0.6 is 0 Å². The molecule has 0 radical (unpaired) electrons. The first kappa shape index (κ1) is 25.8. The molecular weight excluding hydrogens is 405 g/mol. The van der Waals surface area contributed by atoms with E-state index in [2.05, 4.69) is 31.0 Å². The highest BCUT2D eigenvalue weighted by Gasteiger charge is 2.16. The van der Waals surface area contributed by atoms with Gasteiger partial charge in [0.2, 0.25) is 0 Å². The number of hydrogen-bond acceptors (Lipinski definition) is 6. The van der Waals surface area contributed by atoms with E-state index in [-0.39, 0.29) is 18.9 Å². The summed E-state index contributed by atoms with van der Waals surface area (Å²) in [4.78, 5) is 24.0. The van der Waals surface area contributed by atoms with Gasteiger partial charge in [0.1, 0.15) is 11.6 Å². The van der Waals surface area contributed by atoms with E-state index in [0.29, 0.717) is 12.2 Å². The lowest BCUT2D eigenvalue weighted by Crippen LogP contribution is -2.28. The van der Waals surface area contributed by atoms with Crippen LogP contribution in [0.1, 0.15) is 27.2 Å². The predicted molar refractivity (Wildman–Crippen MR) is 117 cm³/mol. The zero-order chi connectivity index (χ0) is 23.1. The minimum absolute atomic E-state index is 0.0201. The van der Waals surface area contributed by atoms with E-state index in [1.54, 1.807) is 30.3 Å². The van der Waals surface area contributed by atoms with Gasteiger partial charge < -0.3 is 19.7 Å². The number of nitro groups is 1. The van der Waals surface area contributed by atoms with Gasteiger partial charge in [-0.3, -0.25) is 10.1 Å². The normalized spacial score (nSPS) is 10.1. The summed E-state index contributed by atoms with van der Waals surface area (Å²) in [6.07, 6.45) is -0.202. The lowest BCUT2D eigenvalue weighted by Gasteiger charge is -2.13. The Morgan fingerprint density at radius 2 is 1.74 bits per heavy atom. The largest absolute Gasteiger partial charge is 0.487 e. The summed E-state index contributed by atoms with van der Waals surface area (Å²) in [5.41, 5.74) is -0.438. The molecule has 0 saturated heterocycles. The van der Waals surface area contributed by atoms with Crippen LogP contribution in [0.15, 0.2) is 48.5 Å². The van der Waals surface area contributed by atoms with Crippen LogP contribution in [0.2, 0.25) is 0 Å². The van der Waals surface area contributed by atoms with Crippen molar-refractivity contribution in [2.75, 3.05) is 32.8 Å². The quantitative estimate of drug-likeness (QED) is 0.332. The van der Waals surface area contributed by atoms with Crippen LogP contribution in [0, 0.1) is 15.9 Å². The van der Waals surface area contributed by atoms with E-state index in [1.807, 2.05) is 0 Å². The van der Waals surface area contributed by atoms with Gasteiger partial charge in [0.15, 0.2) is 5.75 Å². The number of para-hydroxylation sites is 1. The average molecular weight is 435 g/mol. The van der Waals surface area contributed by atoms with Crippen LogP contribution in [0.25, 0.3) is 0 Å². The molecule has 8 nitrogen and oxygen atoms in total. The third kappa shape index (κ3) is 10.4. The van der Waals surface area contributed by atoms with Crippen molar-refractivity contribution in [3.8, 4) is 11.5 Å². The maximum absolute atomic E-state index is 13.0. The predicted octanol–water partition coefficient (Wildman–Crippen LogP) is 4.64. The number of carbonyl (C=O) groups excluding carboxylic acids is 1. The fourth-order valence-corrected chi connectivity index (χ4v) is 2.50. The highest BCUT2D eigenvalue weighted by Crippen LogP contribution is 2.27. The molecule has 31 heavy (non-hydrogen) atoms. The van der Waals surface area contributed by atoms with Crippen LogP contribution < -0.4 is 14.8 Å². The summed E-state index contributed by atoms with van der Waals surface area (Å²) in [5.74, 6) is -0.305. The van der Waals surface area contributed by atoms with Gasteiger partial charge in [0.25, 0.3) is 0 Å². The summed E-state index contributed by atoms with van der Waals surface area (Å²) in [5, 5.41) is 13.3. The fraction of sp³-hybridized carbons (Fsp3) is 0.409. The SMILES string of the molecule is CCN(CC)CC.O=C(NCCCOc1ccc(F)cc1[N+](=O)[O-])Oc1ccccc1. The standard InChI is InChI=1S/C16H15FN2O5.C6H15N/c17-12-7-8-15(14(11-12)19(21)22)23-10-4-9-18-16(20)24-13-5-2-1-3-6-13;1-4-7(5-2)6-3/h1-3,5-8,11H,4,9-10H2,(H,18,20);4-6H2,1-3H3. The molecule has 0 aromatic heterocycles. The number of hydrogen-bond donors (Lipinski definition) is 1. The topological polar surface area (TPSA) is 93.9 Å². The molecule has 2 aromatic carbocycles. The number of nitro benzene ring substituents is 1. The minimum Gasteiger partial charge on any atom is -0.487 e. The number of benzene rings is 2. The molecule has 0 aliphatic rings. The van der Waals surface area contributed by atoms with Crippen LogP contribution in [0.3, 0.4) is 0 Å². The highest BCUT2D eigenvalue weighted by atomic mass is 19.1. The van der Waals surface area contributed by atoms with E-state index in [4.69, 9.17) is 9.47 Å². The Kier molecular flexibility index (Phi) is 12.3. The lowest BCUT2D eigenvalue weighted by atomic mass is 10.3. The molecule has 0 atom stereocenters. The molecular formula is C22H30FN3O5. The fourth-order valence-electron chi connectivity index (χ4n) is 2.50. The van der Waals surface area contributed by atoms with Crippen molar-refractivity contribution >= 4 is 11.8 Å². The summed E-state index contributed by atoms with van der Waals surface area (Å²) in [6.45, 7) is 10.5. The van der Waals surface area contributed by atoms with Crippen molar-refractivity contribution in [3.63, 3.8) is 0 Å². The van der Waals surface area contributed by atoms with Gasteiger partial charge >= 0.3 is 11.8 Å². The van der Waals surface area contributed by atoms with Crippen molar-refractivity contribution in [2.45, 2.75) is 27.2 Å². The first-order valence-electron chi connectivity index (χ1n) is 10.2. The van der Waals surface area contributed by atoms with E-state index in [0.717, 1.165) is 12.1 Å². The number of ether oxygens (including phenoxy) is 2. The van der Waals surface area contributed by atoms with Gasteiger partial charge in [-0.05, 0) is 50.3 Å². The van der Waals surface area contributed by atoms with Gasteiger partial charge in [0.05, 0.1) is 17.6 Å². The van der Waals surface area contributed by atoms with Crippen LogP contribution in [0.4, 0.5) is 14.9 Å². The van der Waals surface area contributed by atoms with Gasteiger partial charge in [-0.2, -0.15) is 0 Å². The first-order valence-corrected chi connectivity index (χ1v) is 10.2. The molecule has 0 saturated carbocycles. The number of rotatable bonds is 10. The molecule has 0 aliphatic heterocycles. The molecule has 0 spiro atoms. The van der Waals surface area contributed by atoms with Gasteiger partial charge in [-0.25, -0.2) is 9.18 Å². The zero-order valence-electron chi connectivity index (χ0n) is 18.2. The van der Waals surface area contributed by atoms with Gasteiger partial charge in [-0.15, -0.1) is 0 Å². The molecule has 0 aliphatic carbocycles. The van der Waals surface area contributed by atoms with Crippen molar-refractivity contribution in [1.29, 1.82) is 0 Å². The lowest BCUT2D eigenvalue weighted by molar-refractivity contribution is -0.386. The number of carbonyl (C=O) groups is 1. The van der Waals surface area contributed by atoms with Crippen molar-refractivity contribution in [1.82, 2.24) is 10.2 Å². The monoisotopic (exact) mass is 435 g/mol. The van der Waals surface area contributed by atoms with E-state index < -0.39 is 22.5 Å². The van der Waals surface area contributed by atoms with E-state index in [9.17, 15) is 19.3 Å². The molecule has 0 fully saturated rings. The Morgan fingerprint density at radius 3 is 2.29 bits per heavy atom. The molecule has 1 amide bonds. The van der Waals surface area contributed by atoms with E-state index in [1.165, 1.54) is 25.7 Å². The summed E-state index contributed by atoms with van der Waals surface area (Å²) in [7, 11) is 0. The first-order chi connectivity index (χ1) is 14.9. The smallest absolute Gasteiger partial charge is 0.412 e. The minimum atomic E-state index is -0.714. The van der Waals surface area contributed by atoms with Crippen LogP contribution in [-0.4, -0.2) is 48.7 Å². The summed E-state index contributed by atoms with van der Waals surface area (Å²) in [6, 6.07) is 11.7. The van der Waals surface area contributed by atoms with Gasteiger partial charge in [-0.1, -0.05) is 39.0 Å². The highest BCUT2D eigenvalue weighted by molar-refractivity contribution is 5.70. The third-order valence-corrected chi connectivity index (χ3v) is 4.26. The second-order valence-electron chi connectivity index (χ2n) is 6.32. The molecule has 2 rings (SSSR count). The third-order valence-electron chi connectivity index (χ3n) is 4.26. The Morgan fingerprint density at radius 1 is 1.10 bits per heavy atom.